The zero-order valence-corrected chi connectivity index (χ0v) is 10.1. The monoisotopic (exact) mass is 215 g/mol. The average Bonchev–Trinajstić information content (AvgIpc) is 2.20. The van der Waals surface area contributed by atoms with Crippen LogP contribution in [0.1, 0.15) is 46.5 Å². The van der Waals surface area contributed by atoms with E-state index >= 15 is 0 Å². The van der Waals surface area contributed by atoms with Crippen molar-refractivity contribution in [2.24, 2.45) is 11.6 Å². The minimum atomic E-state index is -0.198. The van der Waals surface area contributed by atoms with Gasteiger partial charge in [0.05, 0.1) is 6.10 Å². The minimum absolute atomic E-state index is 0.198. The molecule has 2 atom stereocenters. The van der Waals surface area contributed by atoms with Crippen LogP contribution < -0.4 is 11.6 Å². The van der Waals surface area contributed by atoms with E-state index in [4.69, 9.17) is 11.6 Å². The van der Waals surface area contributed by atoms with Crippen LogP contribution in [0, 0.1) is 0 Å². The molecule has 0 amide bonds. The van der Waals surface area contributed by atoms with Crippen molar-refractivity contribution in [2.75, 3.05) is 0 Å². The molecular formula is C11H25N3O. The highest BCUT2D eigenvalue weighted by molar-refractivity contribution is 4.93. The molecular weight excluding hydrogens is 190 g/mol. The van der Waals surface area contributed by atoms with Gasteiger partial charge in [-0.3, -0.25) is 0 Å². The molecule has 15 heavy (non-hydrogen) atoms. The molecule has 0 aromatic rings. The van der Waals surface area contributed by atoms with Crippen molar-refractivity contribution in [1.82, 2.24) is 5.01 Å². The SMILES string of the molecule is C/C(N)=C/N(N)C1CCCC(O)C1.CC. The highest BCUT2D eigenvalue weighted by atomic mass is 16.3. The lowest BCUT2D eigenvalue weighted by atomic mass is 9.93. The molecule has 90 valence electrons. The van der Waals surface area contributed by atoms with Gasteiger partial charge in [0.1, 0.15) is 0 Å². The fourth-order valence-corrected chi connectivity index (χ4v) is 1.75. The lowest BCUT2D eigenvalue weighted by Crippen LogP contribution is -2.41. The van der Waals surface area contributed by atoms with Crippen LogP contribution in [0.2, 0.25) is 0 Å². The third-order valence-corrected chi connectivity index (χ3v) is 2.39. The molecule has 0 aromatic carbocycles. The van der Waals surface area contributed by atoms with Gasteiger partial charge in [0.25, 0.3) is 0 Å². The molecule has 0 bridgehead atoms. The van der Waals surface area contributed by atoms with E-state index in [-0.39, 0.29) is 12.1 Å². The minimum Gasteiger partial charge on any atom is -0.401 e. The number of aliphatic hydroxyl groups is 1. The first-order chi connectivity index (χ1) is 7.09. The molecule has 1 fully saturated rings. The Morgan fingerprint density at radius 1 is 1.40 bits per heavy atom. The molecule has 0 aromatic heterocycles. The van der Waals surface area contributed by atoms with Crippen molar-refractivity contribution in [3.05, 3.63) is 11.9 Å². The highest BCUT2D eigenvalue weighted by Crippen LogP contribution is 2.21. The van der Waals surface area contributed by atoms with E-state index in [0.29, 0.717) is 5.70 Å². The molecule has 4 nitrogen and oxygen atoms in total. The van der Waals surface area contributed by atoms with Gasteiger partial charge in [-0.25, -0.2) is 5.84 Å². The van der Waals surface area contributed by atoms with E-state index in [9.17, 15) is 5.11 Å². The quantitative estimate of drug-likeness (QED) is 0.479. The number of nitrogens with zero attached hydrogens (tertiary/aromatic N) is 1. The number of hydrazine groups is 1. The fraction of sp³-hybridized carbons (Fsp3) is 0.818. The maximum Gasteiger partial charge on any atom is 0.0560 e. The van der Waals surface area contributed by atoms with Crippen molar-refractivity contribution < 1.29 is 5.11 Å². The lowest BCUT2D eigenvalue weighted by molar-refractivity contribution is 0.0802. The molecule has 2 unspecified atom stereocenters. The highest BCUT2D eigenvalue weighted by Gasteiger charge is 2.22. The summed E-state index contributed by atoms with van der Waals surface area (Å²) in [5.74, 6) is 5.78. The molecule has 1 saturated carbocycles. The molecule has 0 spiro atoms. The van der Waals surface area contributed by atoms with Gasteiger partial charge in [0, 0.05) is 17.9 Å². The summed E-state index contributed by atoms with van der Waals surface area (Å²) in [6, 6.07) is 0.238. The Morgan fingerprint density at radius 3 is 2.47 bits per heavy atom. The van der Waals surface area contributed by atoms with Gasteiger partial charge < -0.3 is 15.8 Å². The van der Waals surface area contributed by atoms with Crippen molar-refractivity contribution in [2.45, 2.75) is 58.6 Å². The van der Waals surface area contributed by atoms with E-state index in [1.807, 2.05) is 13.8 Å². The van der Waals surface area contributed by atoms with Crippen molar-refractivity contribution in [1.29, 1.82) is 0 Å². The lowest BCUT2D eigenvalue weighted by Gasteiger charge is -2.32. The summed E-state index contributed by atoms with van der Waals surface area (Å²) in [7, 11) is 0. The predicted octanol–water partition coefficient (Wildman–Crippen LogP) is 1.31. The van der Waals surface area contributed by atoms with Crippen molar-refractivity contribution >= 4 is 0 Å². The first-order valence-corrected chi connectivity index (χ1v) is 5.74. The van der Waals surface area contributed by atoms with E-state index in [1.54, 1.807) is 18.1 Å². The predicted molar refractivity (Wildman–Crippen MR) is 63.6 cm³/mol. The summed E-state index contributed by atoms with van der Waals surface area (Å²) in [6.07, 6.45) is 5.25. The summed E-state index contributed by atoms with van der Waals surface area (Å²) in [6.45, 7) is 5.80. The molecule has 1 aliphatic rings. The summed E-state index contributed by atoms with van der Waals surface area (Å²) in [5, 5.41) is 11.1. The summed E-state index contributed by atoms with van der Waals surface area (Å²) in [5.41, 5.74) is 6.21. The van der Waals surface area contributed by atoms with Gasteiger partial charge >= 0.3 is 0 Å². The Morgan fingerprint density at radius 2 is 2.00 bits per heavy atom. The maximum absolute atomic E-state index is 9.43. The molecule has 1 rings (SSSR count). The van der Waals surface area contributed by atoms with Gasteiger partial charge in [-0.05, 0) is 32.6 Å². The van der Waals surface area contributed by atoms with Crippen LogP contribution >= 0.6 is 0 Å². The fourth-order valence-electron chi connectivity index (χ4n) is 1.75. The van der Waals surface area contributed by atoms with Crippen molar-refractivity contribution in [3.8, 4) is 0 Å². The smallest absolute Gasteiger partial charge is 0.0560 e. The van der Waals surface area contributed by atoms with Crippen LogP contribution in [0.5, 0.6) is 0 Å². The second-order valence-corrected chi connectivity index (χ2v) is 3.79. The second kappa shape index (κ2) is 7.54. The Hall–Kier alpha value is -0.740. The molecule has 0 aliphatic heterocycles. The molecule has 0 heterocycles. The number of hydrogen-bond donors (Lipinski definition) is 3. The number of nitrogens with two attached hydrogens (primary N) is 2. The standard InChI is InChI=1S/C9H19N3O.C2H6/c1-7(10)6-12(11)8-3-2-4-9(13)5-8;1-2/h6,8-9,13H,2-5,10-11H2,1H3;1-2H3/b7-6-;. The molecule has 4 heteroatoms. The summed E-state index contributed by atoms with van der Waals surface area (Å²) >= 11 is 0. The van der Waals surface area contributed by atoms with Crippen LogP contribution in [0.15, 0.2) is 11.9 Å². The van der Waals surface area contributed by atoms with Crippen LogP contribution in [0.3, 0.4) is 0 Å². The largest absolute Gasteiger partial charge is 0.401 e. The van der Waals surface area contributed by atoms with E-state index in [1.165, 1.54) is 0 Å². The third kappa shape index (κ3) is 5.64. The average molecular weight is 215 g/mol. The Balaban J connectivity index is 0.000000921. The van der Waals surface area contributed by atoms with E-state index in [2.05, 4.69) is 0 Å². The van der Waals surface area contributed by atoms with Crippen LogP contribution in [0.4, 0.5) is 0 Å². The molecule has 5 N–H and O–H groups in total. The van der Waals surface area contributed by atoms with Gasteiger partial charge in [-0.2, -0.15) is 0 Å². The first-order valence-electron chi connectivity index (χ1n) is 5.74. The van der Waals surface area contributed by atoms with Crippen LogP contribution in [-0.4, -0.2) is 22.3 Å². The summed E-state index contributed by atoms with van der Waals surface area (Å²) < 4.78 is 0. The van der Waals surface area contributed by atoms with E-state index in [0.717, 1.165) is 25.7 Å². The number of allylic oxidation sites excluding steroid dienone is 1. The zero-order chi connectivity index (χ0) is 11.8. The Bertz CT molecular complexity index is 190. The second-order valence-electron chi connectivity index (χ2n) is 3.79. The van der Waals surface area contributed by atoms with Crippen molar-refractivity contribution in [3.63, 3.8) is 0 Å². The zero-order valence-electron chi connectivity index (χ0n) is 10.1. The first kappa shape index (κ1) is 14.3. The number of hydrogen-bond acceptors (Lipinski definition) is 4. The van der Waals surface area contributed by atoms with Crippen LogP contribution in [-0.2, 0) is 0 Å². The third-order valence-electron chi connectivity index (χ3n) is 2.39. The number of rotatable bonds is 2. The molecule has 0 saturated heterocycles. The van der Waals surface area contributed by atoms with E-state index < -0.39 is 0 Å². The number of aliphatic hydroxyl groups excluding tert-OH is 1. The maximum atomic E-state index is 9.43. The van der Waals surface area contributed by atoms with Gasteiger partial charge in [0.15, 0.2) is 0 Å². The van der Waals surface area contributed by atoms with Crippen LogP contribution in [0.25, 0.3) is 0 Å². The Kier molecular flexibility index (Phi) is 7.17. The topological polar surface area (TPSA) is 75.5 Å². The van der Waals surface area contributed by atoms with Gasteiger partial charge in [-0.1, -0.05) is 13.8 Å². The Labute approximate surface area is 92.9 Å². The van der Waals surface area contributed by atoms with Gasteiger partial charge in [-0.15, -0.1) is 0 Å². The molecule has 0 radical (unpaired) electrons. The molecule has 1 aliphatic carbocycles. The normalized spacial score (nSPS) is 26.6. The summed E-state index contributed by atoms with van der Waals surface area (Å²) in [4.78, 5) is 0. The van der Waals surface area contributed by atoms with Gasteiger partial charge in [0.2, 0.25) is 0 Å².